The fourth-order valence-electron chi connectivity index (χ4n) is 4.53. The topological polar surface area (TPSA) is 132 Å². The zero-order valence-corrected chi connectivity index (χ0v) is 21.0. The molecular formula is C26H25F3N6O4. The summed E-state index contributed by atoms with van der Waals surface area (Å²) in [6, 6.07) is 8.36. The van der Waals surface area contributed by atoms with Crippen LogP contribution in [-0.2, 0) is 15.7 Å². The number of ether oxygens (including phenoxy) is 2. The zero-order chi connectivity index (χ0) is 27.9. The van der Waals surface area contributed by atoms with E-state index in [1.54, 1.807) is 36.1 Å². The van der Waals surface area contributed by atoms with Crippen molar-refractivity contribution in [3.05, 3.63) is 65.6 Å². The summed E-state index contributed by atoms with van der Waals surface area (Å²) in [6.45, 7) is 2.29. The molecule has 0 aliphatic carbocycles. The molecule has 1 aromatic carbocycles. The fraction of sp³-hybridized carbons (Fsp3) is 0.346. The van der Waals surface area contributed by atoms with Crippen molar-refractivity contribution in [2.45, 2.75) is 37.3 Å². The number of nitrogens with zero attached hydrogens (tertiary/aromatic N) is 4. The highest BCUT2D eigenvalue weighted by atomic mass is 19.4. The first-order valence-corrected chi connectivity index (χ1v) is 12.1. The van der Waals surface area contributed by atoms with Gasteiger partial charge in [-0.15, -0.1) is 0 Å². The van der Waals surface area contributed by atoms with E-state index in [2.05, 4.69) is 20.3 Å². The molecule has 204 valence electrons. The molecule has 0 saturated carbocycles. The van der Waals surface area contributed by atoms with E-state index in [1.807, 2.05) is 0 Å². The van der Waals surface area contributed by atoms with Crippen LogP contribution in [0.2, 0.25) is 0 Å². The number of fused-ring (bicyclic) bond motifs is 1. The Morgan fingerprint density at radius 1 is 1.18 bits per heavy atom. The lowest BCUT2D eigenvalue weighted by molar-refractivity contribution is -0.141. The van der Waals surface area contributed by atoms with Crippen LogP contribution >= 0.6 is 0 Å². The average molecular weight is 543 g/mol. The number of aromatic nitrogens is 2. The second-order valence-corrected chi connectivity index (χ2v) is 9.36. The molecule has 2 aliphatic heterocycles. The Hall–Kier alpha value is -4.26. The summed E-state index contributed by atoms with van der Waals surface area (Å²) in [5, 5.41) is 3.19. The highest BCUT2D eigenvalue weighted by Gasteiger charge is 2.42. The van der Waals surface area contributed by atoms with Gasteiger partial charge in [0.15, 0.2) is 6.04 Å². The maximum atomic E-state index is 13.3. The zero-order valence-electron chi connectivity index (χ0n) is 21.0. The van der Waals surface area contributed by atoms with E-state index in [4.69, 9.17) is 15.2 Å². The number of hydrogen-bond donors (Lipinski definition) is 2. The summed E-state index contributed by atoms with van der Waals surface area (Å²) < 4.78 is 51.1. The number of alkyl halides is 3. The highest BCUT2D eigenvalue weighted by molar-refractivity contribution is 6.09. The van der Waals surface area contributed by atoms with Gasteiger partial charge in [-0.05, 0) is 43.3 Å². The lowest BCUT2D eigenvalue weighted by atomic mass is 10.0. The van der Waals surface area contributed by atoms with E-state index < -0.39 is 36.0 Å². The molecule has 0 bridgehead atoms. The van der Waals surface area contributed by atoms with Gasteiger partial charge in [0, 0.05) is 36.3 Å². The summed E-state index contributed by atoms with van der Waals surface area (Å²) in [4.78, 5) is 39.5. The van der Waals surface area contributed by atoms with Crippen molar-refractivity contribution >= 4 is 28.6 Å². The highest BCUT2D eigenvalue weighted by Crippen LogP contribution is 2.34. The number of halogens is 3. The summed E-state index contributed by atoms with van der Waals surface area (Å²) in [6.07, 6.45) is -3.92. The van der Waals surface area contributed by atoms with E-state index in [0.29, 0.717) is 29.7 Å². The third-order valence-electron chi connectivity index (χ3n) is 6.56. The molecule has 4 heterocycles. The minimum absolute atomic E-state index is 0.0199. The van der Waals surface area contributed by atoms with E-state index >= 15 is 0 Å². The molecule has 1 saturated heterocycles. The number of nitrogens with one attached hydrogen (secondary N) is 1. The van der Waals surface area contributed by atoms with Crippen LogP contribution in [0, 0.1) is 0 Å². The molecule has 3 atom stereocenters. The monoisotopic (exact) mass is 542 g/mol. The normalized spacial score (nSPS) is 20.2. The lowest BCUT2D eigenvalue weighted by Crippen LogP contribution is -2.63. The second-order valence-electron chi connectivity index (χ2n) is 9.36. The standard InChI is InChI=1S/C26H25F3N6O4/c1-13(30)22-21(23(36)32-14-11-35(12-14)25(37)17-5-3-4-10-31-17)34-24(39-22)16-6-8-18(38-2)20-15(16)7-9-19(33-20)26(27,28)29/h3-10,13-14,21-22H,11-12,30H2,1-2H3,(H,32,36)/t13-,21?,22?/m0/s1. The minimum atomic E-state index is -4.64. The summed E-state index contributed by atoms with van der Waals surface area (Å²) in [7, 11) is 1.33. The van der Waals surface area contributed by atoms with Crippen molar-refractivity contribution in [3.63, 3.8) is 0 Å². The Bertz CT molecular complexity index is 1440. The predicted molar refractivity (Wildman–Crippen MR) is 134 cm³/mol. The first-order valence-electron chi connectivity index (χ1n) is 12.1. The first kappa shape index (κ1) is 26.4. The molecule has 3 N–H and O–H groups in total. The first-order chi connectivity index (χ1) is 18.6. The van der Waals surface area contributed by atoms with E-state index in [1.165, 1.54) is 25.4 Å². The largest absolute Gasteiger partial charge is 0.494 e. The molecule has 5 rings (SSSR count). The maximum Gasteiger partial charge on any atom is 0.433 e. The summed E-state index contributed by atoms with van der Waals surface area (Å²) in [5.74, 6) is -0.455. The van der Waals surface area contributed by atoms with Crippen LogP contribution in [-0.4, -0.2) is 77.0 Å². The Kier molecular flexibility index (Phi) is 6.85. The van der Waals surface area contributed by atoms with Gasteiger partial charge in [0.1, 0.15) is 28.8 Å². The molecule has 0 radical (unpaired) electrons. The molecule has 2 amide bonds. The molecule has 3 aromatic rings. The van der Waals surface area contributed by atoms with Crippen LogP contribution in [0.5, 0.6) is 5.75 Å². The molecule has 13 heteroatoms. The fourth-order valence-corrected chi connectivity index (χ4v) is 4.53. The lowest BCUT2D eigenvalue weighted by Gasteiger charge is -2.39. The quantitative estimate of drug-likeness (QED) is 0.488. The van der Waals surface area contributed by atoms with Gasteiger partial charge < -0.3 is 25.4 Å². The molecule has 2 unspecified atom stereocenters. The molecule has 2 aromatic heterocycles. The molecule has 0 spiro atoms. The summed E-state index contributed by atoms with van der Waals surface area (Å²) in [5.41, 5.74) is 5.68. The third-order valence-corrected chi connectivity index (χ3v) is 6.56. The number of carbonyl (C=O) groups is 2. The molecule has 39 heavy (non-hydrogen) atoms. The predicted octanol–water partition coefficient (Wildman–Crippen LogP) is 2.16. The molecule has 1 fully saturated rings. The van der Waals surface area contributed by atoms with E-state index in [-0.39, 0.29) is 29.1 Å². The van der Waals surface area contributed by atoms with Gasteiger partial charge >= 0.3 is 6.18 Å². The van der Waals surface area contributed by atoms with Crippen LogP contribution in [0.3, 0.4) is 0 Å². The number of carbonyl (C=O) groups excluding carboxylic acids is 2. The van der Waals surface area contributed by atoms with Gasteiger partial charge in [-0.3, -0.25) is 14.6 Å². The summed E-state index contributed by atoms with van der Waals surface area (Å²) >= 11 is 0. The number of nitrogens with two attached hydrogens (primary N) is 1. The van der Waals surface area contributed by atoms with Crippen molar-refractivity contribution in [3.8, 4) is 5.75 Å². The third kappa shape index (κ3) is 5.09. The Morgan fingerprint density at radius 2 is 1.95 bits per heavy atom. The van der Waals surface area contributed by atoms with Crippen LogP contribution < -0.4 is 15.8 Å². The van der Waals surface area contributed by atoms with Crippen molar-refractivity contribution in [1.82, 2.24) is 20.2 Å². The number of benzene rings is 1. The SMILES string of the molecule is COc1ccc(C2=NC(C(=O)NC3CN(C(=O)c4ccccn4)C3)C([C@H](C)N)O2)c2ccc(C(F)(F)F)nc12. The Morgan fingerprint density at radius 3 is 2.59 bits per heavy atom. The average Bonchev–Trinajstić information content (AvgIpc) is 3.35. The number of aliphatic imine (C=N–C) groups is 1. The van der Waals surface area contributed by atoms with Gasteiger partial charge in [-0.2, -0.15) is 13.2 Å². The second kappa shape index (κ2) is 10.1. The van der Waals surface area contributed by atoms with Gasteiger partial charge in [-0.25, -0.2) is 9.98 Å². The molecular weight excluding hydrogens is 517 g/mol. The van der Waals surface area contributed by atoms with Gasteiger partial charge in [0.05, 0.1) is 13.2 Å². The number of pyridine rings is 2. The van der Waals surface area contributed by atoms with Gasteiger partial charge in [-0.1, -0.05) is 6.07 Å². The Labute approximate surface area is 221 Å². The Balaban J connectivity index is 1.36. The van der Waals surface area contributed by atoms with Crippen molar-refractivity contribution in [2.75, 3.05) is 20.2 Å². The smallest absolute Gasteiger partial charge is 0.433 e. The number of rotatable bonds is 6. The number of hydrogen-bond acceptors (Lipinski definition) is 8. The van der Waals surface area contributed by atoms with E-state index in [0.717, 1.165) is 6.07 Å². The molecule has 10 nitrogen and oxygen atoms in total. The van der Waals surface area contributed by atoms with Gasteiger partial charge in [0.2, 0.25) is 11.8 Å². The van der Waals surface area contributed by atoms with Crippen LogP contribution in [0.15, 0.2) is 53.7 Å². The van der Waals surface area contributed by atoms with Crippen LogP contribution in [0.4, 0.5) is 13.2 Å². The number of amides is 2. The van der Waals surface area contributed by atoms with Crippen LogP contribution in [0.25, 0.3) is 10.9 Å². The van der Waals surface area contributed by atoms with Crippen LogP contribution in [0.1, 0.15) is 28.7 Å². The minimum Gasteiger partial charge on any atom is -0.494 e. The molecule has 2 aliphatic rings. The van der Waals surface area contributed by atoms with Gasteiger partial charge in [0.25, 0.3) is 5.91 Å². The van der Waals surface area contributed by atoms with E-state index in [9.17, 15) is 22.8 Å². The van der Waals surface area contributed by atoms with Crippen molar-refractivity contribution in [2.24, 2.45) is 10.7 Å². The van der Waals surface area contributed by atoms with Crippen molar-refractivity contribution < 1.29 is 32.2 Å². The maximum absolute atomic E-state index is 13.3. The number of methoxy groups -OCH3 is 1. The van der Waals surface area contributed by atoms with Crippen molar-refractivity contribution in [1.29, 1.82) is 0 Å². The number of likely N-dealkylation sites (tertiary alicyclic amines) is 1.